The van der Waals surface area contributed by atoms with E-state index in [4.69, 9.17) is 5.73 Å². The van der Waals surface area contributed by atoms with E-state index in [2.05, 4.69) is 0 Å². The van der Waals surface area contributed by atoms with Gasteiger partial charge in [-0.25, -0.2) is 4.39 Å². The number of nitro benzene ring substituents is 1. The van der Waals surface area contributed by atoms with Gasteiger partial charge in [-0.1, -0.05) is 0 Å². The Balaban J connectivity index is 2.44. The zero-order valence-electron chi connectivity index (χ0n) is 10.4. The molecule has 102 valence electrons. The molecule has 1 amide bonds. The fraction of sp³-hybridized carbons (Fsp3) is 0.417. The van der Waals surface area contributed by atoms with Crippen LogP contribution in [0.2, 0.25) is 0 Å². The highest BCUT2D eigenvalue weighted by atomic mass is 19.1. The summed E-state index contributed by atoms with van der Waals surface area (Å²) in [6, 6.07) is 1.71. The first kappa shape index (κ1) is 13.3. The molecule has 1 unspecified atom stereocenters. The van der Waals surface area contributed by atoms with Gasteiger partial charge in [0.2, 0.25) is 0 Å². The predicted molar refractivity (Wildman–Crippen MR) is 67.2 cm³/mol. The number of nitrogens with zero attached hydrogens (tertiary/aromatic N) is 2. The van der Waals surface area contributed by atoms with E-state index in [1.54, 1.807) is 4.90 Å². The SMILES string of the molecule is CC1CCCN1C(=O)c1cc(F)cc([N+](=O)[O-])c1N. The van der Waals surface area contributed by atoms with Crippen LogP contribution in [0.15, 0.2) is 12.1 Å². The summed E-state index contributed by atoms with van der Waals surface area (Å²) in [5.74, 6) is -1.29. The van der Waals surface area contributed by atoms with Crippen LogP contribution < -0.4 is 5.73 Å². The molecule has 1 aromatic carbocycles. The zero-order valence-corrected chi connectivity index (χ0v) is 10.4. The summed E-state index contributed by atoms with van der Waals surface area (Å²) in [7, 11) is 0. The fourth-order valence-corrected chi connectivity index (χ4v) is 2.32. The van der Waals surface area contributed by atoms with Crippen molar-refractivity contribution in [2.75, 3.05) is 12.3 Å². The number of likely N-dealkylation sites (tertiary alicyclic amines) is 1. The van der Waals surface area contributed by atoms with E-state index >= 15 is 0 Å². The van der Waals surface area contributed by atoms with E-state index in [0.29, 0.717) is 6.54 Å². The number of halogens is 1. The molecule has 1 saturated heterocycles. The average molecular weight is 267 g/mol. The largest absolute Gasteiger partial charge is 0.393 e. The minimum Gasteiger partial charge on any atom is -0.393 e. The van der Waals surface area contributed by atoms with Crippen LogP contribution in [0.4, 0.5) is 15.8 Å². The number of hydrogen-bond donors (Lipinski definition) is 1. The predicted octanol–water partition coefficient (Wildman–Crippen LogP) is 1.94. The van der Waals surface area contributed by atoms with Gasteiger partial charge in [-0.05, 0) is 25.8 Å². The van der Waals surface area contributed by atoms with Gasteiger partial charge < -0.3 is 10.6 Å². The monoisotopic (exact) mass is 267 g/mol. The van der Waals surface area contributed by atoms with Crippen LogP contribution in [-0.4, -0.2) is 28.3 Å². The van der Waals surface area contributed by atoms with Crippen molar-refractivity contribution in [1.82, 2.24) is 4.90 Å². The normalized spacial score (nSPS) is 18.6. The second-order valence-corrected chi connectivity index (χ2v) is 4.63. The van der Waals surface area contributed by atoms with Gasteiger partial charge in [-0.15, -0.1) is 0 Å². The summed E-state index contributed by atoms with van der Waals surface area (Å²) in [5.41, 5.74) is 4.62. The minimum atomic E-state index is -0.837. The molecule has 6 nitrogen and oxygen atoms in total. The highest BCUT2D eigenvalue weighted by molar-refractivity contribution is 6.01. The molecular formula is C12H14FN3O3. The van der Waals surface area contributed by atoms with Gasteiger partial charge in [0, 0.05) is 12.6 Å². The topological polar surface area (TPSA) is 89.5 Å². The Morgan fingerprint density at radius 1 is 1.58 bits per heavy atom. The van der Waals surface area contributed by atoms with Crippen molar-refractivity contribution in [3.8, 4) is 0 Å². The third-order valence-electron chi connectivity index (χ3n) is 3.36. The Morgan fingerprint density at radius 2 is 2.26 bits per heavy atom. The zero-order chi connectivity index (χ0) is 14.2. The Morgan fingerprint density at radius 3 is 2.79 bits per heavy atom. The van der Waals surface area contributed by atoms with Crippen molar-refractivity contribution in [2.45, 2.75) is 25.8 Å². The lowest BCUT2D eigenvalue weighted by Gasteiger charge is -2.22. The van der Waals surface area contributed by atoms with Crippen molar-refractivity contribution in [2.24, 2.45) is 0 Å². The highest BCUT2D eigenvalue weighted by Crippen LogP contribution is 2.29. The summed E-state index contributed by atoms with van der Waals surface area (Å²) >= 11 is 0. The lowest BCUT2D eigenvalue weighted by molar-refractivity contribution is -0.384. The number of rotatable bonds is 2. The maximum atomic E-state index is 13.4. The number of carbonyl (C=O) groups is 1. The van der Waals surface area contributed by atoms with Gasteiger partial charge in [-0.3, -0.25) is 14.9 Å². The summed E-state index contributed by atoms with van der Waals surface area (Å²) in [6.07, 6.45) is 1.73. The average Bonchev–Trinajstić information content (AvgIpc) is 2.76. The molecule has 0 radical (unpaired) electrons. The molecule has 0 bridgehead atoms. The van der Waals surface area contributed by atoms with Gasteiger partial charge in [0.05, 0.1) is 16.6 Å². The molecule has 1 fully saturated rings. The Kier molecular flexibility index (Phi) is 3.37. The summed E-state index contributed by atoms with van der Waals surface area (Å²) < 4.78 is 13.4. The van der Waals surface area contributed by atoms with Gasteiger partial charge in [0.25, 0.3) is 11.6 Å². The lowest BCUT2D eigenvalue weighted by atomic mass is 10.1. The van der Waals surface area contributed by atoms with Crippen molar-refractivity contribution in [1.29, 1.82) is 0 Å². The minimum absolute atomic E-state index is 0.0363. The van der Waals surface area contributed by atoms with Gasteiger partial charge in [-0.2, -0.15) is 0 Å². The van der Waals surface area contributed by atoms with Crippen LogP contribution >= 0.6 is 0 Å². The Bertz CT molecular complexity index is 547. The smallest absolute Gasteiger partial charge is 0.295 e. The highest BCUT2D eigenvalue weighted by Gasteiger charge is 2.30. The van der Waals surface area contributed by atoms with Gasteiger partial charge in [0.15, 0.2) is 0 Å². The van der Waals surface area contributed by atoms with Crippen LogP contribution in [-0.2, 0) is 0 Å². The van der Waals surface area contributed by atoms with Gasteiger partial charge in [0.1, 0.15) is 11.5 Å². The van der Waals surface area contributed by atoms with Gasteiger partial charge >= 0.3 is 0 Å². The molecule has 19 heavy (non-hydrogen) atoms. The molecule has 1 atom stereocenters. The first-order valence-corrected chi connectivity index (χ1v) is 5.96. The number of nitrogen functional groups attached to an aromatic ring is 1. The van der Waals surface area contributed by atoms with Crippen molar-refractivity contribution < 1.29 is 14.1 Å². The quantitative estimate of drug-likeness (QED) is 0.503. The van der Waals surface area contributed by atoms with E-state index in [0.717, 1.165) is 25.0 Å². The van der Waals surface area contributed by atoms with E-state index in [9.17, 15) is 19.3 Å². The van der Waals surface area contributed by atoms with E-state index in [1.165, 1.54) is 0 Å². The first-order chi connectivity index (χ1) is 8.91. The molecule has 2 rings (SSSR count). The number of nitro groups is 1. The van der Waals surface area contributed by atoms with Crippen molar-refractivity contribution in [3.63, 3.8) is 0 Å². The number of carbonyl (C=O) groups excluding carboxylic acids is 1. The summed E-state index contributed by atoms with van der Waals surface area (Å²) in [4.78, 5) is 23.8. The Labute approximate surface area is 109 Å². The molecule has 1 aliphatic heterocycles. The molecule has 7 heteroatoms. The number of anilines is 1. The number of nitrogens with two attached hydrogens (primary N) is 1. The number of benzene rings is 1. The van der Waals surface area contributed by atoms with Crippen LogP contribution in [0.5, 0.6) is 0 Å². The molecule has 0 aromatic heterocycles. The molecule has 1 aliphatic rings. The molecule has 2 N–H and O–H groups in total. The summed E-state index contributed by atoms with van der Waals surface area (Å²) in [6.45, 7) is 2.44. The molecular weight excluding hydrogens is 253 g/mol. The maximum absolute atomic E-state index is 13.4. The van der Waals surface area contributed by atoms with E-state index in [1.807, 2.05) is 6.92 Å². The standard InChI is InChI=1S/C12H14FN3O3/c1-7-3-2-4-15(7)12(17)9-5-8(13)6-10(11(9)14)16(18)19/h5-7H,2-4,14H2,1H3. The van der Waals surface area contributed by atoms with E-state index < -0.39 is 22.3 Å². The van der Waals surface area contributed by atoms with E-state index in [-0.39, 0.29) is 17.3 Å². The molecule has 0 saturated carbocycles. The van der Waals surface area contributed by atoms with Crippen molar-refractivity contribution >= 4 is 17.3 Å². The molecule has 1 heterocycles. The second-order valence-electron chi connectivity index (χ2n) is 4.63. The van der Waals surface area contributed by atoms with Crippen LogP contribution in [0.25, 0.3) is 0 Å². The number of hydrogen-bond acceptors (Lipinski definition) is 4. The third kappa shape index (κ3) is 2.35. The number of amides is 1. The van der Waals surface area contributed by atoms with Crippen molar-refractivity contribution in [3.05, 3.63) is 33.6 Å². The lowest BCUT2D eigenvalue weighted by Crippen LogP contribution is -2.34. The second kappa shape index (κ2) is 4.83. The third-order valence-corrected chi connectivity index (χ3v) is 3.36. The molecule has 1 aromatic rings. The molecule has 0 aliphatic carbocycles. The molecule has 0 spiro atoms. The van der Waals surface area contributed by atoms with Crippen LogP contribution in [0.3, 0.4) is 0 Å². The summed E-state index contributed by atoms with van der Waals surface area (Å²) in [5, 5.41) is 10.8. The maximum Gasteiger partial charge on any atom is 0.295 e. The van der Waals surface area contributed by atoms with Crippen LogP contribution in [0.1, 0.15) is 30.1 Å². The fourth-order valence-electron chi connectivity index (χ4n) is 2.32. The van der Waals surface area contributed by atoms with Crippen LogP contribution in [0, 0.1) is 15.9 Å². The first-order valence-electron chi connectivity index (χ1n) is 5.96. The Hall–Kier alpha value is -2.18.